The highest BCUT2D eigenvalue weighted by Gasteiger charge is 2.11. The molecule has 0 bridgehead atoms. The first-order valence-corrected chi connectivity index (χ1v) is 11.1. The number of ether oxygens (including phenoxy) is 1. The van der Waals surface area contributed by atoms with Crippen molar-refractivity contribution in [2.45, 2.75) is 72.6 Å². The number of azo groups is 1. The summed E-state index contributed by atoms with van der Waals surface area (Å²) in [4.78, 5) is 0. The van der Waals surface area contributed by atoms with E-state index in [1.165, 1.54) is 37.7 Å². The third-order valence-corrected chi connectivity index (χ3v) is 5.37. The van der Waals surface area contributed by atoms with Crippen LogP contribution < -0.4 is 10.5 Å². The number of aryl methyl sites for hydroxylation is 2. The number of benzene rings is 2. The molecule has 0 aliphatic rings. The minimum Gasteiger partial charge on any atom is -0.491 e. The van der Waals surface area contributed by atoms with Gasteiger partial charge in [0.2, 0.25) is 0 Å². The van der Waals surface area contributed by atoms with Gasteiger partial charge in [0.1, 0.15) is 5.75 Å². The zero-order valence-corrected chi connectivity index (χ0v) is 18.6. The maximum atomic E-state index is 6.18. The van der Waals surface area contributed by atoms with Crippen LogP contribution in [0.15, 0.2) is 46.6 Å². The molecule has 0 saturated heterocycles. The molecule has 0 amide bonds. The van der Waals surface area contributed by atoms with E-state index in [-0.39, 0.29) is 0 Å². The second-order valence-electron chi connectivity index (χ2n) is 7.87. The van der Waals surface area contributed by atoms with E-state index >= 15 is 0 Å². The summed E-state index contributed by atoms with van der Waals surface area (Å²) < 4.78 is 6.06. The molecule has 1 atom stereocenters. The van der Waals surface area contributed by atoms with Crippen LogP contribution >= 0.6 is 0 Å². The summed E-state index contributed by atoms with van der Waals surface area (Å²) in [6, 6.07) is 12.2. The zero-order chi connectivity index (χ0) is 21.1. The molecule has 0 radical (unpaired) electrons. The topological polar surface area (TPSA) is 60.0 Å². The average molecular weight is 396 g/mol. The van der Waals surface area contributed by atoms with Gasteiger partial charge < -0.3 is 10.5 Å². The van der Waals surface area contributed by atoms with E-state index in [0.29, 0.717) is 24.0 Å². The van der Waals surface area contributed by atoms with Crippen molar-refractivity contribution in [1.29, 1.82) is 0 Å². The van der Waals surface area contributed by atoms with Crippen molar-refractivity contribution in [1.82, 2.24) is 0 Å². The second kappa shape index (κ2) is 12.3. The standard InChI is InChI=1S/C25H37N3O/c1-5-8-10-20(7-3)18-29-25-17-24(19(4)16-23(25)26)28-27-22-14-12-21(13-15-22)11-9-6-2/h12-17,20H,5-11,18,26H2,1-4H3. The van der Waals surface area contributed by atoms with Gasteiger partial charge in [0, 0.05) is 6.07 Å². The molecule has 29 heavy (non-hydrogen) atoms. The number of nitrogens with two attached hydrogens (primary N) is 1. The molecule has 0 spiro atoms. The number of nitrogen functional groups attached to an aromatic ring is 1. The molecule has 0 aliphatic carbocycles. The fourth-order valence-corrected chi connectivity index (χ4v) is 3.26. The summed E-state index contributed by atoms with van der Waals surface area (Å²) in [5, 5.41) is 8.87. The summed E-state index contributed by atoms with van der Waals surface area (Å²) in [6.07, 6.45) is 8.30. The SMILES string of the molecule is CCCCc1ccc(N=Nc2cc(OCC(CC)CCCC)c(N)cc2C)cc1. The normalized spacial score (nSPS) is 12.4. The van der Waals surface area contributed by atoms with Gasteiger partial charge in [0.25, 0.3) is 0 Å². The van der Waals surface area contributed by atoms with Crippen molar-refractivity contribution in [2.24, 2.45) is 16.1 Å². The molecule has 1 unspecified atom stereocenters. The van der Waals surface area contributed by atoms with Gasteiger partial charge in [-0.15, -0.1) is 0 Å². The first kappa shape index (κ1) is 22.9. The van der Waals surface area contributed by atoms with Gasteiger partial charge in [0.05, 0.1) is 23.7 Å². The van der Waals surface area contributed by atoms with Gasteiger partial charge in [-0.3, -0.25) is 0 Å². The quantitative estimate of drug-likeness (QED) is 0.293. The van der Waals surface area contributed by atoms with Crippen LogP contribution in [0, 0.1) is 12.8 Å². The summed E-state index contributed by atoms with van der Waals surface area (Å²) in [5.41, 5.74) is 10.8. The van der Waals surface area contributed by atoms with E-state index in [9.17, 15) is 0 Å². The Labute approximate surface area is 176 Å². The van der Waals surface area contributed by atoms with Gasteiger partial charge in [-0.25, -0.2) is 0 Å². The Hall–Kier alpha value is -2.36. The molecule has 0 saturated carbocycles. The smallest absolute Gasteiger partial charge is 0.144 e. The second-order valence-corrected chi connectivity index (χ2v) is 7.87. The van der Waals surface area contributed by atoms with E-state index in [1.54, 1.807) is 0 Å². The summed E-state index contributed by atoms with van der Waals surface area (Å²) in [5.74, 6) is 1.27. The average Bonchev–Trinajstić information content (AvgIpc) is 2.73. The van der Waals surface area contributed by atoms with E-state index in [2.05, 4.69) is 43.1 Å². The first-order valence-electron chi connectivity index (χ1n) is 11.1. The van der Waals surface area contributed by atoms with Crippen molar-refractivity contribution >= 4 is 17.1 Å². The van der Waals surface area contributed by atoms with Gasteiger partial charge in [-0.2, -0.15) is 10.2 Å². The summed E-state index contributed by atoms with van der Waals surface area (Å²) in [7, 11) is 0. The highest BCUT2D eigenvalue weighted by Crippen LogP contribution is 2.32. The summed E-state index contributed by atoms with van der Waals surface area (Å²) in [6.45, 7) is 9.35. The van der Waals surface area contributed by atoms with Crippen molar-refractivity contribution in [3.63, 3.8) is 0 Å². The Balaban J connectivity index is 2.06. The minimum atomic E-state index is 0.562. The fraction of sp³-hybridized carbons (Fsp3) is 0.520. The molecular formula is C25H37N3O. The Morgan fingerprint density at radius 1 is 0.966 bits per heavy atom. The molecule has 0 aliphatic heterocycles. The molecule has 158 valence electrons. The Morgan fingerprint density at radius 2 is 1.69 bits per heavy atom. The Kier molecular flexibility index (Phi) is 9.69. The molecular weight excluding hydrogens is 358 g/mol. The monoisotopic (exact) mass is 395 g/mol. The maximum absolute atomic E-state index is 6.18. The predicted octanol–water partition coefficient (Wildman–Crippen LogP) is 7.93. The lowest BCUT2D eigenvalue weighted by molar-refractivity contribution is 0.234. The van der Waals surface area contributed by atoms with Crippen molar-refractivity contribution < 1.29 is 4.74 Å². The van der Waals surface area contributed by atoms with Crippen molar-refractivity contribution in [3.05, 3.63) is 47.5 Å². The Bertz CT molecular complexity index is 768. The molecule has 2 N–H and O–H groups in total. The minimum absolute atomic E-state index is 0.562. The molecule has 0 aromatic heterocycles. The zero-order valence-electron chi connectivity index (χ0n) is 18.6. The van der Waals surface area contributed by atoms with Crippen molar-refractivity contribution in [2.75, 3.05) is 12.3 Å². The van der Waals surface area contributed by atoms with Crippen LogP contribution in [0.25, 0.3) is 0 Å². The van der Waals surface area contributed by atoms with E-state index in [1.807, 2.05) is 31.2 Å². The molecule has 2 aromatic carbocycles. The van der Waals surface area contributed by atoms with Crippen LogP contribution in [-0.4, -0.2) is 6.61 Å². The molecule has 2 rings (SSSR count). The highest BCUT2D eigenvalue weighted by atomic mass is 16.5. The third kappa shape index (κ3) is 7.52. The third-order valence-electron chi connectivity index (χ3n) is 5.37. The van der Waals surface area contributed by atoms with Gasteiger partial charge in [0.15, 0.2) is 0 Å². The number of unbranched alkanes of at least 4 members (excludes halogenated alkanes) is 2. The van der Waals surface area contributed by atoms with Gasteiger partial charge >= 0.3 is 0 Å². The Morgan fingerprint density at radius 3 is 2.34 bits per heavy atom. The van der Waals surface area contributed by atoms with Crippen LogP contribution in [0.2, 0.25) is 0 Å². The van der Waals surface area contributed by atoms with Gasteiger partial charge in [-0.05, 0) is 61.4 Å². The number of nitrogens with zero attached hydrogens (tertiary/aromatic N) is 2. The number of hydrogen-bond donors (Lipinski definition) is 1. The fourth-order valence-electron chi connectivity index (χ4n) is 3.26. The first-order chi connectivity index (χ1) is 14.1. The van der Waals surface area contributed by atoms with E-state index in [4.69, 9.17) is 10.5 Å². The molecule has 0 fully saturated rings. The van der Waals surface area contributed by atoms with Crippen LogP contribution in [0.4, 0.5) is 17.1 Å². The molecule has 4 nitrogen and oxygen atoms in total. The van der Waals surface area contributed by atoms with Crippen LogP contribution in [0.1, 0.15) is 70.4 Å². The lowest BCUT2D eigenvalue weighted by Gasteiger charge is -2.17. The number of rotatable bonds is 12. The molecule has 4 heteroatoms. The van der Waals surface area contributed by atoms with Crippen LogP contribution in [0.3, 0.4) is 0 Å². The predicted molar refractivity (Wildman–Crippen MR) is 124 cm³/mol. The highest BCUT2D eigenvalue weighted by molar-refractivity contribution is 5.63. The summed E-state index contributed by atoms with van der Waals surface area (Å²) >= 11 is 0. The van der Waals surface area contributed by atoms with Crippen molar-refractivity contribution in [3.8, 4) is 5.75 Å². The van der Waals surface area contributed by atoms with E-state index < -0.39 is 0 Å². The molecule has 0 heterocycles. The van der Waals surface area contributed by atoms with Crippen LogP contribution in [-0.2, 0) is 6.42 Å². The lowest BCUT2D eigenvalue weighted by atomic mass is 10.0. The number of hydrogen-bond acceptors (Lipinski definition) is 4. The van der Waals surface area contributed by atoms with E-state index in [0.717, 1.165) is 29.8 Å². The van der Waals surface area contributed by atoms with Crippen LogP contribution in [0.5, 0.6) is 5.75 Å². The maximum Gasteiger partial charge on any atom is 0.144 e. The molecule has 2 aromatic rings. The number of anilines is 1. The largest absolute Gasteiger partial charge is 0.491 e. The van der Waals surface area contributed by atoms with Gasteiger partial charge in [-0.1, -0.05) is 58.6 Å². The lowest BCUT2D eigenvalue weighted by Crippen LogP contribution is -2.12.